The van der Waals surface area contributed by atoms with Gasteiger partial charge in [0.1, 0.15) is 0 Å². The molecular formula is C16H14O3. The number of hydrogen-bond donors (Lipinski definition) is 1. The van der Waals surface area contributed by atoms with E-state index in [0.717, 1.165) is 5.56 Å². The fourth-order valence-corrected chi connectivity index (χ4v) is 1.94. The highest BCUT2D eigenvalue weighted by Crippen LogP contribution is 2.15. The molecule has 3 heteroatoms. The van der Waals surface area contributed by atoms with E-state index in [1.165, 1.54) is 0 Å². The zero-order valence-corrected chi connectivity index (χ0v) is 10.6. The molecule has 0 aliphatic carbocycles. The molecule has 0 aliphatic heterocycles. The quantitative estimate of drug-likeness (QED) is 0.853. The summed E-state index contributed by atoms with van der Waals surface area (Å²) in [5.41, 5.74) is 2.21. The maximum atomic E-state index is 12.1. The molecule has 2 aromatic carbocycles. The van der Waals surface area contributed by atoms with Gasteiger partial charge in [-0.05, 0) is 18.6 Å². The number of carboxylic acids is 1. The van der Waals surface area contributed by atoms with Crippen molar-refractivity contribution in [3.05, 3.63) is 70.8 Å². The molecule has 0 spiro atoms. The number of carbonyl (C=O) groups is 2. The topological polar surface area (TPSA) is 54.4 Å². The summed E-state index contributed by atoms with van der Waals surface area (Å²) in [5, 5.41) is 9.16. The molecule has 0 bridgehead atoms. The molecule has 0 heterocycles. The van der Waals surface area contributed by atoms with E-state index in [2.05, 4.69) is 0 Å². The van der Waals surface area contributed by atoms with Crippen molar-refractivity contribution in [1.29, 1.82) is 0 Å². The molecule has 0 saturated heterocycles. The molecule has 96 valence electrons. The second-order valence-electron chi connectivity index (χ2n) is 4.43. The molecular weight excluding hydrogens is 240 g/mol. The average Bonchev–Trinajstić information content (AvgIpc) is 2.41. The molecule has 0 radical (unpaired) electrons. The van der Waals surface area contributed by atoms with E-state index in [4.69, 9.17) is 5.11 Å². The summed E-state index contributed by atoms with van der Waals surface area (Å²) in [4.78, 5) is 23.3. The maximum Gasteiger partial charge on any atom is 0.335 e. The number of aromatic carboxylic acids is 1. The van der Waals surface area contributed by atoms with Crippen LogP contribution in [0, 0.1) is 6.92 Å². The first-order valence-corrected chi connectivity index (χ1v) is 5.99. The van der Waals surface area contributed by atoms with E-state index >= 15 is 0 Å². The number of aryl methyl sites for hydroxylation is 1. The molecule has 0 fully saturated rings. The first-order valence-electron chi connectivity index (χ1n) is 5.99. The normalized spacial score (nSPS) is 10.2. The minimum Gasteiger partial charge on any atom is -0.478 e. The van der Waals surface area contributed by atoms with Crippen molar-refractivity contribution >= 4 is 11.8 Å². The van der Waals surface area contributed by atoms with Crippen LogP contribution in [0.1, 0.15) is 31.8 Å². The zero-order valence-electron chi connectivity index (χ0n) is 10.6. The molecule has 3 nitrogen and oxygen atoms in total. The summed E-state index contributed by atoms with van der Waals surface area (Å²) in [6.07, 6.45) is 0.103. The van der Waals surface area contributed by atoms with Gasteiger partial charge >= 0.3 is 5.97 Å². The Morgan fingerprint density at radius 1 is 1.05 bits per heavy atom. The van der Waals surface area contributed by atoms with E-state index in [-0.39, 0.29) is 17.8 Å². The lowest BCUT2D eigenvalue weighted by atomic mass is 9.97. The smallest absolute Gasteiger partial charge is 0.335 e. The van der Waals surface area contributed by atoms with E-state index in [1.807, 2.05) is 19.1 Å². The van der Waals surface area contributed by atoms with Crippen LogP contribution < -0.4 is 0 Å². The summed E-state index contributed by atoms with van der Waals surface area (Å²) in [7, 11) is 0. The van der Waals surface area contributed by atoms with Gasteiger partial charge in [-0.3, -0.25) is 4.79 Å². The molecule has 0 saturated carbocycles. The van der Waals surface area contributed by atoms with Gasteiger partial charge in [0.15, 0.2) is 5.78 Å². The molecule has 0 aromatic heterocycles. The van der Waals surface area contributed by atoms with Gasteiger partial charge in [0.2, 0.25) is 0 Å². The van der Waals surface area contributed by atoms with Crippen molar-refractivity contribution in [1.82, 2.24) is 0 Å². The summed E-state index contributed by atoms with van der Waals surface area (Å²) in [5.74, 6) is -1.08. The van der Waals surface area contributed by atoms with Crippen LogP contribution in [0.4, 0.5) is 0 Å². The van der Waals surface area contributed by atoms with Crippen molar-refractivity contribution in [2.75, 3.05) is 0 Å². The Labute approximate surface area is 111 Å². The van der Waals surface area contributed by atoms with E-state index in [1.54, 1.807) is 36.4 Å². The zero-order chi connectivity index (χ0) is 13.8. The molecule has 19 heavy (non-hydrogen) atoms. The Balaban J connectivity index is 2.29. The molecule has 0 atom stereocenters. The summed E-state index contributed by atoms with van der Waals surface area (Å²) in [6.45, 7) is 1.83. The highest BCUT2D eigenvalue weighted by atomic mass is 16.4. The van der Waals surface area contributed by atoms with Gasteiger partial charge in [-0.2, -0.15) is 0 Å². The number of hydrogen-bond acceptors (Lipinski definition) is 2. The lowest BCUT2D eigenvalue weighted by molar-refractivity contribution is 0.0696. The Hall–Kier alpha value is -2.42. The third-order valence-electron chi connectivity index (χ3n) is 2.94. The lowest BCUT2D eigenvalue weighted by Gasteiger charge is -2.06. The van der Waals surface area contributed by atoms with Gasteiger partial charge in [0.25, 0.3) is 0 Å². The van der Waals surface area contributed by atoms with Crippen LogP contribution in [0.5, 0.6) is 0 Å². The Kier molecular flexibility index (Phi) is 3.76. The van der Waals surface area contributed by atoms with Gasteiger partial charge in [-0.1, -0.05) is 48.0 Å². The fourth-order valence-electron chi connectivity index (χ4n) is 1.94. The van der Waals surface area contributed by atoms with Crippen LogP contribution in [-0.4, -0.2) is 16.9 Å². The number of Topliss-reactive ketones (excluding diaryl/α,β-unsaturated/α-hetero) is 1. The largest absolute Gasteiger partial charge is 0.478 e. The highest BCUT2D eigenvalue weighted by molar-refractivity contribution is 5.99. The number of ketones is 1. The van der Waals surface area contributed by atoms with E-state index in [0.29, 0.717) is 11.1 Å². The van der Waals surface area contributed by atoms with Crippen molar-refractivity contribution < 1.29 is 14.7 Å². The van der Waals surface area contributed by atoms with Crippen LogP contribution in [-0.2, 0) is 6.42 Å². The first kappa shape index (κ1) is 13.0. The monoisotopic (exact) mass is 254 g/mol. The third-order valence-corrected chi connectivity index (χ3v) is 2.94. The fraction of sp³-hybridized carbons (Fsp3) is 0.125. The van der Waals surface area contributed by atoms with Crippen LogP contribution in [0.25, 0.3) is 0 Å². The molecule has 2 aromatic rings. The summed E-state index contributed by atoms with van der Waals surface area (Å²) < 4.78 is 0. The summed E-state index contributed by atoms with van der Waals surface area (Å²) >= 11 is 0. The van der Waals surface area contributed by atoms with Gasteiger partial charge in [0, 0.05) is 12.0 Å². The van der Waals surface area contributed by atoms with Gasteiger partial charge < -0.3 is 5.11 Å². The Morgan fingerprint density at radius 2 is 1.74 bits per heavy atom. The van der Waals surface area contributed by atoms with Gasteiger partial charge in [-0.25, -0.2) is 4.79 Å². The van der Waals surface area contributed by atoms with E-state index < -0.39 is 5.97 Å². The van der Waals surface area contributed by atoms with E-state index in [9.17, 15) is 9.59 Å². The van der Waals surface area contributed by atoms with Gasteiger partial charge in [0.05, 0.1) is 5.56 Å². The first-order chi connectivity index (χ1) is 9.08. The van der Waals surface area contributed by atoms with Crippen molar-refractivity contribution in [3.63, 3.8) is 0 Å². The van der Waals surface area contributed by atoms with Crippen LogP contribution in [0.2, 0.25) is 0 Å². The Bertz CT molecular complexity index is 615. The summed E-state index contributed by atoms with van der Waals surface area (Å²) in [6, 6.07) is 14.0. The number of carbonyl (C=O) groups excluding carboxylic acids is 1. The minimum atomic E-state index is -1.00. The van der Waals surface area contributed by atoms with Crippen LogP contribution in [0.15, 0.2) is 48.5 Å². The number of benzene rings is 2. The second kappa shape index (κ2) is 5.48. The molecule has 0 aliphatic rings. The molecule has 1 N–H and O–H groups in total. The average molecular weight is 254 g/mol. The minimum absolute atomic E-state index is 0.0769. The van der Waals surface area contributed by atoms with Crippen LogP contribution in [0.3, 0.4) is 0 Å². The second-order valence-corrected chi connectivity index (χ2v) is 4.43. The van der Waals surface area contributed by atoms with Crippen molar-refractivity contribution in [2.24, 2.45) is 0 Å². The maximum absolute atomic E-state index is 12.1. The van der Waals surface area contributed by atoms with Crippen molar-refractivity contribution in [3.8, 4) is 0 Å². The molecule has 0 amide bonds. The standard InChI is InChI=1S/C16H14O3/c1-11-7-8-13(14(9-11)16(18)19)10-15(17)12-5-3-2-4-6-12/h2-9H,10H2,1H3,(H,18,19). The highest BCUT2D eigenvalue weighted by Gasteiger charge is 2.14. The molecule has 2 rings (SSSR count). The Morgan fingerprint density at radius 3 is 2.37 bits per heavy atom. The van der Waals surface area contributed by atoms with Gasteiger partial charge in [-0.15, -0.1) is 0 Å². The number of rotatable bonds is 4. The predicted octanol–water partition coefficient (Wildman–Crippen LogP) is 3.12. The lowest BCUT2D eigenvalue weighted by Crippen LogP contribution is -2.09. The van der Waals surface area contributed by atoms with Crippen LogP contribution >= 0.6 is 0 Å². The third kappa shape index (κ3) is 3.07. The number of carboxylic acid groups (broad SMARTS) is 1. The SMILES string of the molecule is Cc1ccc(CC(=O)c2ccccc2)c(C(=O)O)c1. The molecule has 0 unspecified atom stereocenters. The predicted molar refractivity (Wildman–Crippen MR) is 72.6 cm³/mol. The van der Waals surface area contributed by atoms with Crippen molar-refractivity contribution in [2.45, 2.75) is 13.3 Å².